The summed E-state index contributed by atoms with van der Waals surface area (Å²) in [6, 6.07) is 83.3. The second-order valence-electron chi connectivity index (χ2n) is 17.3. The molecule has 0 aliphatic heterocycles. The zero-order valence-electron chi connectivity index (χ0n) is 34.8. The van der Waals surface area contributed by atoms with Crippen LogP contribution in [-0.4, -0.2) is 0 Å². The lowest BCUT2D eigenvalue weighted by Gasteiger charge is -2.31. The van der Waals surface area contributed by atoms with Gasteiger partial charge < -0.3 is 4.90 Å². The van der Waals surface area contributed by atoms with E-state index in [1.54, 1.807) is 0 Å². The average Bonchev–Trinajstić information content (AvgIpc) is 3.56. The molecule has 0 saturated carbocycles. The second kappa shape index (κ2) is 14.2. The highest BCUT2D eigenvalue weighted by Gasteiger charge is 2.36. The molecule has 0 spiro atoms. The van der Waals surface area contributed by atoms with Crippen molar-refractivity contribution >= 4 is 60.2 Å². The van der Waals surface area contributed by atoms with E-state index in [0.717, 1.165) is 17.1 Å². The lowest BCUT2D eigenvalue weighted by Crippen LogP contribution is -2.17. The molecular weight excluding hydrogens is 747 g/mol. The van der Waals surface area contributed by atoms with Crippen LogP contribution in [0.4, 0.5) is 17.1 Å². The molecule has 1 aliphatic carbocycles. The fourth-order valence-electron chi connectivity index (χ4n) is 10.4. The summed E-state index contributed by atoms with van der Waals surface area (Å²) in [7, 11) is 0. The molecule has 0 aromatic heterocycles. The van der Waals surface area contributed by atoms with Gasteiger partial charge in [-0.15, -0.1) is 0 Å². The minimum absolute atomic E-state index is 0.163. The van der Waals surface area contributed by atoms with Crippen molar-refractivity contribution in [3.05, 3.63) is 236 Å². The van der Waals surface area contributed by atoms with Gasteiger partial charge in [-0.2, -0.15) is 0 Å². The first-order valence-electron chi connectivity index (χ1n) is 21.7. The van der Waals surface area contributed by atoms with Gasteiger partial charge in [0.15, 0.2) is 0 Å². The number of rotatable bonds is 6. The van der Waals surface area contributed by atoms with Crippen molar-refractivity contribution in [2.45, 2.75) is 19.3 Å². The van der Waals surface area contributed by atoms with Gasteiger partial charge in [0, 0.05) is 22.4 Å². The predicted octanol–water partition coefficient (Wildman–Crippen LogP) is 17.1. The van der Waals surface area contributed by atoms with Gasteiger partial charge in [-0.1, -0.05) is 196 Å². The SMILES string of the molecule is CC1(C)c2ccccc2-c2ccc(N(c3ccc4ccc(-c5ccccc5)cc4c3)c3cccc(-c4cccc5ccccc45)c3-c3cc4ccccc4c4ccccc34)cc21. The summed E-state index contributed by atoms with van der Waals surface area (Å²) in [5.74, 6) is 0. The number of nitrogens with zero attached hydrogens (tertiary/aromatic N) is 1. The molecule has 1 aliphatic rings. The molecule has 292 valence electrons. The number of hydrogen-bond acceptors (Lipinski definition) is 1. The van der Waals surface area contributed by atoms with Crippen molar-refractivity contribution in [3.63, 3.8) is 0 Å². The molecule has 11 aromatic carbocycles. The van der Waals surface area contributed by atoms with E-state index in [-0.39, 0.29) is 5.41 Å². The van der Waals surface area contributed by atoms with E-state index in [9.17, 15) is 0 Å². The smallest absolute Gasteiger partial charge is 0.0546 e. The zero-order chi connectivity index (χ0) is 41.4. The Morgan fingerprint density at radius 1 is 0.306 bits per heavy atom. The maximum Gasteiger partial charge on any atom is 0.0546 e. The molecule has 0 N–H and O–H groups in total. The summed E-state index contributed by atoms with van der Waals surface area (Å²) in [5, 5.41) is 9.85. The van der Waals surface area contributed by atoms with Crippen molar-refractivity contribution in [2.24, 2.45) is 0 Å². The standard InChI is InChI=1S/C61H43N/c1-61(2)57-28-13-12-25-53(57)54-35-34-47(39-58(54)61)62(46-33-32-41-30-31-43(36-45(41)37-46)40-16-4-3-5-17-40)59-29-15-27-55(51-26-14-20-42-18-6-8-21-48(42)51)60(59)56-38-44-19-7-9-22-49(44)50-23-10-11-24-52(50)56/h3-39H,1-2H3. The van der Waals surface area contributed by atoms with E-state index >= 15 is 0 Å². The lowest BCUT2D eigenvalue weighted by atomic mass is 9.82. The quantitative estimate of drug-likeness (QED) is 0.152. The molecule has 1 heteroatoms. The van der Waals surface area contributed by atoms with E-state index in [0.29, 0.717) is 0 Å². The molecular formula is C61H43N. The van der Waals surface area contributed by atoms with E-state index in [2.05, 4.69) is 243 Å². The van der Waals surface area contributed by atoms with Gasteiger partial charge in [-0.05, 0) is 136 Å². The number of anilines is 3. The maximum absolute atomic E-state index is 2.53. The van der Waals surface area contributed by atoms with Crippen LogP contribution in [0.25, 0.3) is 87.6 Å². The summed E-state index contributed by atoms with van der Waals surface area (Å²) >= 11 is 0. The van der Waals surface area contributed by atoms with Crippen LogP contribution in [0.1, 0.15) is 25.0 Å². The Balaban J connectivity index is 1.19. The number of fused-ring (bicyclic) bond motifs is 8. The lowest BCUT2D eigenvalue weighted by molar-refractivity contribution is 0.660. The molecule has 1 nitrogen and oxygen atoms in total. The topological polar surface area (TPSA) is 3.24 Å². The molecule has 0 amide bonds. The van der Waals surface area contributed by atoms with Gasteiger partial charge in [0.1, 0.15) is 0 Å². The Hall–Kier alpha value is -7.74. The molecule has 0 heterocycles. The van der Waals surface area contributed by atoms with Crippen LogP contribution in [-0.2, 0) is 5.41 Å². The first-order valence-corrected chi connectivity index (χ1v) is 21.7. The highest BCUT2D eigenvalue weighted by molar-refractivity contribution is 6.17. The van der Waals surface area contributed by atoms with Gasteiger partial charge >= 0.3 is 0 Å². The first kappa shape index (κ1) is 36.1. The Morgan fingerprint density at radius 3 is 1.79 bits per heavy atom. The second-order valence-corrected chi connectivity index (χ2v) is 17.3. The summed E-state index contributed by atoms with van der Waals surface area (Å²) in [5.41, 5.74) is 15.8. The van der Waals surface area contributed by atoms with Gasteiger partial charge in [0.05, 0.1) is 5.69 Å². The predicted molar refractivity (Wildman–Crippen MR) is 265 cm³/mol. The van der Waals surface area contributed by atoms with Gasteiger partial charge in [-0.25, -0.2) is 0 Å². The first-order chi connectivity index (χ1) is 30.5. The van der Waals surface area contributed by atoms with Crippen LogP contribution in [0.3, 0.4) is 0 Å². The monoisotopic (exact) mass is 789 g/mol. The molecule has 11 aromatic rings. The maximum atomic E-state index is 2.53. The Kier molecular flexibility index (Phi) is 8.27. The molecule has 0 saturated heterocycles. The van der Waals surface area contributed by atoms with Crippen LogP contribution in [0.5, 0.6) is 0 Å². The van der Waals surface area contributed by atoms with Crippen molar-refractivity contribution < 1.29 is 0 Å². The number of benzene rings is 11. The van der Waals surface area contributed by atoms with E-state index < -0.39 is 0 Å². The zero-order valence-corrected chi connectivity index (χ0v) is 34.8. The number of hydrogen-bond donors (Lipinski definition) is 0. The normalized spacial score (nSPS) is 12.8. The molecule has 0 radical (unpaired) electrons. The molecule has 0 atom stereocenters. The minimum Gasteiger partial charge on any atom is -0.310 e. The molecule has 62 heavy (non-hydrogen) atoms. The molecule has 0 fully saturated rings. The van der Waals surface area contributed by atoms with Crippen molar-refractivity contribution in [1.82, 2.24) is 0 Å². The summed E-state index contributed by atoms with van der Waals surface area (Å²) in [6.45, 7) is 4.75. The molecule has 12 rings (SSSR count). The third-order valence-electron chi connectivity index (χ3n) is 13.4. The Morgan fingerprint density at radius 2 is 0.919 bits per heavy atom. The van der Waals surface area contributed by atoms with Gasteiger partial charge in [0.25, 0.3) is 0 Å². The van der Waals surface area contributed by atoms with Gasteiger partial charge in [0.2, 0.25) is 0 Å². The van der Waals surface area contributed by atoms with Gasteiger partial charge in [-0.3, -0.25) is 0 Å². The third-order valence-corrected chi connectivity index (χ3v) is 13.4. The van der Waals surface area contributed by atoms with E-state index in [4.69, 9.17) is 0 Å². The minimum atomic E-state index is -0.163. The Bertz CT molecular complexity index is 3550. The van der Waals surface area contributed by atoms with Crippen LogP contribution < -0.4 is 4.90 Å². The fraction of sp³-hybridized carbons (Fsp3) is 0.0492. The van der Waals surface area contributed by atoms with E-state index in [1.165, 1.54) is 98.7 Å². The highest BCUT2D eigenvalue weighted by atomic mass is 15.1. The third kappa shape index (κ3) is 5.70. The largest absolute Gasteiger partial charge is 0.310 e. The fourth-order valence-corrected chi connectivity index (χ4v) is 10.4. The summed E-state index contributed by atoms with van der Waals surface area (Å²) in [6.07, 6.45) is 0. The molecule has 0 unspecified atom stereocenters. The van der Waals surface area contributed by atoms with Crippen LogP contribution in [0.15, 0.2) is 224 Å². The average molecular weight is 790 g/mol. The van der Waals surface area contributed by atoms with Crippen LogP contribution in [0, 0.1) is 0 Å². The van der Waals surface area contributed by atoms with Crippen molar-refractivity contribution in [2.75, 3.05) is 4.90 Å². The van der Waals surface area contributed by atoms with Crippen molar-refractivity contribution in [3.8, 4) is 44.5 Å². The van der Waals surface area contributed by atoms with Crippen LogP contribution in [0.2, 0.25) is 0 Å². The van der Waals surface area contributed by atoms with Crippen LogP contribution >= 0.6 is 0 Å². The Labute approximate surface area is 362 Å². The highest BCUT2D eigenvalue weighted by Crippen LogP contribution is 2.53. The van der Waals surface area contributed by atoms with E-state index in [1.807, 2.05) is 0 Å². The molecule has 0 bridgehead atoms. The van der Waals surface area contributed by atoms with Crippen molar-refractivity contribution in [1.29, 1.82) is 0 Å². The summed E-state index contributed by atoms with van der Waals surface area (Å²) < 4.78 is 0. The summed E-state index contributed by atoms with van der Waals surface area (Å²) in [4.78, 5) is 2.53.